The minimum Gasteiger partial charge on any atom is -0.473 e. The van der Waals surface area contributed by atoms with Gasteiger partial charge in [-0.05, 0) is 30.2 Å². The average molecular weight is 283 g/mol. The van der Waals surface area contributed by atoms with Gasteiger partial charge in [0.05, 0.1) is 6.61 Å². The summed E-state index contributed by atoms with van der Waals surface area (Å²) >= 11 is 0. The van der Waals surface area contributed by atoms with Gasteiger partial charge in [0.1, 0.15) is 6.61 Å². The number of pyridine rings is 1. The van der Waals surface area contributed by atoms with Crippen LogP contribution in [0.3, 0.4) is 0 Å². The molecule has 1 aromatic carbocycles. The first-order valence-corrected chi connectivity index (χ1v) is 6.75. The number of esters is 1. The molecule has 0 spiro atoms. The molecule has 0 radical (unpaired) electrons. The van der Waals surface area contributed by atoms with Crippen LogP contribution in [0.5, 0.6) is 5.88 Å². The van der Waals surface area contributed by atoms with Gasteiger partial charge in [0.25, 0.3) is 0 Å². The minimum absolute atomic E-state index is 0.359. The van der Waals surface area contributed by atoms with Crippen molar-refractivity contribution < 1.29 is 14.3 Å². The second-order valence-corrected chi connectivity index (χ2v) is 4.29. The molecule has 0 amide bonds. The molecule has 2 rings (SSSR count). The normalized spacial score (nSPS) is 10.5. The zero-order valence-electron chi connectivity index (χ0n) is 11.9. The largest absolute Gasteiger partial charge is 0.473 e. The van der Waals surface area contributed by atoms with Gasteiger partial charge in [-0.1, -0.05) is 30.3 Å². The summed E-state index contributed by atoms with van der Waals surface area (Å²) in [6.07, 6.45) is 4.69. The van der Waals surface area contributed by atoms with Crippen molar-refractivity contribution in [3.8, 4) is 5.88 Å². The predicted octanol–water partition coefficient (Wildman–Crippen LogP) is 3.24. The SMILES string of the molecule is CCOC(=O)C=Cc1ccc(OCc2ccccc2)nc1. The Morgan fingerprint density at radius 2 is 2.00 bits per heavy atom. The maximum atomic E-state index is 11.2. The number of hydrogen-bond donors (Lipinski definition) is 0. The quantitative estimate of drug-likeness (QED) is 0.603. The van der Waals surface area contributed by atoms with Crippen molar-refractivity contribution in [1.82, 2.24) is 4.98 Å². The number of hydrogen-bond acceptors (Lipinski definition) is 4. The molecule has 1 heterocycles. The maximum Gasteiger partial charge on any atom is 0.330 e. The molecule has 0 N–H and O–H groups in total. The zero-order valence-corrected chi connectivity index (χ0v) is 11.9. The first-order chi connectivity index (χ1) is 10.3. The number of rotatable bonds is 6. The summed E-state index contributed by atoms with van der Waals surface area (Å²) in [5.74, 6) is 0.189. The third-order valence-electron chi connectivity index (χ3n) is 2.69. The molecule has 0 aliphatic heterocycles. The maximum absolute atomic E-state index is 11.2. The molecule has 0 atom stereocenters. The van der Waals surface area contributed by atoms with E-state index in [1.807, 2.05) is 36.4 Å². The number of carbonyl (C=O) groups is 1. The van der Waals surface area contributed by atoms with E-state index in [1.54, 1.807) is 25.3 Å². The summed E-state index contributed by atoms with van der Waals surface area (Å²) in [7, 11) is 0. The Morgan fingerprint density at radius 1 is 1.19 bits per heavy atom. The van der Waals surface area contributed by atoms with Crippen molar-refractivity contribution in [2.45, 2.75) is 13.5 Å². The molecule has 0 unspecified atom stereocenters. The fourth-order valence-electron chi connectivity index (χ4n) is 1.66. The lowest BCUT2D eigenvalue weighted by Gasteiger charge is -2.05. The van der Waals surface area contributed by atoms with Crippen molar-refractivity contribution in [3.63, 3.8) is 0 Å². The molecule has 4 heteroatoms. The molecule has 1 aromatic heterocycles. The van der Waals surface area contributed by atoms with Gasteiger partial charge in [-0.25, -0.2) is 9.78 Å². The lowest BCUT2D eigenvalue weighted by Crippen LogP contribution is -1.99. The van der Waals surface area contributed by atoms with E-state index in [4.69, 9.17) is 9.47 Å². The van der Waals surface area contributed by atoms with E-state index in [9.17, 15) is 4.79 Å². The summed E-state index contributed by atoms with van der Waals surface area (Å²) in [5, 5.41) is 0. The van der Waals surface area contributed by atoms with E-state index in [-0.39, 0.29) is 5.97 Å². The molecule has 2 aromatic rings. The van der Waals surface area contributed by atoms with Crippen LogP contribution in [-0.2, 0) is 16.1 Å². The van der Waals surface area contributed by atoms with Crippen molar-refractivity contribution >= 4 is 12.0 Å². The van der Waals surface area contributed by atoms with E-state index >= 15 is 0 Å². The van der Waals surface area contributed by atoms with E-state index < -0.39 is 0 Å². The molecule has 0 saturated heterocycles. The van der Waals surface area contributed by atoms with Crippen LogP contribution in [0, 0.1) is 0 Å². The van der Waals surface area contributed by atoms with E-state index in [2.05, 4.69) is 4.98 Å². The fourth-order valence-corrected chi connectivity index (χ4v) is 1.66. The Balaban J connectivity index is 1.88. The van der Waals surface area contributed by atoms with Crippen LogP contribution in [0.2, 0.25) is 0 Å². The molecule has 108 valence electrons. The highest BCUT2D eigenvalue weighted by molar-refractivity contribution is 5.86. The molecule has 0 aliphatic rings. The second-order valence-electron chi connectivity index (χ2n) is 4.29. The summed E-state index contributed by atoms with van der Waals surface area (Å²) in [5.41, 5.74) is 1.90. The minimum atomic E-state index is -0.359. The van der Waals surface area contributed by atoms with Gasteiger partial charge in [-0.2, -0.15) is 0 Å². The van der Waals surface area contributed by atoms with Crippen LogP contribution in [0.1, 0.15) is 18.1 Å². The average Bonchev–Trinajstić information content (AvgIpc) is 2.53. The van der Waals surface area contributed by atoms with Crippen molar-refractivity contribution in [2.75, 3.05) is 6.61 Å². The summed E-state index contributed by atoms with van der Waals surface area (Å²) in [6.45, 7) is 2.62. The van der Waals surface area contributed by atoms with Gasteiger partial charge < -0.3 is 9.47 Å². The van der Waals surface area contributed by atoms with E-state index in [0.717, 1.165) is 11.1 Å². The number of nitrogens with zero attached hydrogens (tertiary/aromatic N) is 1. The Bertz CT molecular complexity index is 591. The third-order valence-corrected chi connectivity index (χ3v) is 2.69. The fraction of sp³-hybridized carbons (Fsp3) is 0.176. The molecular formula is C17H17NO3. The van der Waals surface area contributed by atoms with Crippen LogP contribution in [0.25, 0.3) is 6.08 Å². The summed E-state index contributed by atoms with van der Waals surface area (Å²) < 4.78 is 10.4. The molecule has 0 aliphatic carbocycles. The topological polar surface area (TPSA) is 48.4 Å². The standard InChI is InChI=1S/C17H17NO3/c1-2-20-17(19)11-9-14-8-10-16(18-12-14)21-13-15-6-4-3-5-7-15/h3-12H,2,13H2,1H3. The first-order valence-electron chi connectivity index (χ1n) is 6.75. The monoisotopic (exact) mass is 283 g/mol. The Morgan fingerprint density at radius 3 is 2.67 bits per heavy atom. The van der Waals surface area contributed by atoms with Crippen molar-refractivity contribution in [2.24, 2.45) is 0 Å². The van der Waals surface area contributed by atoms with Gasteiger partial charge in [0.2, 0.25) is 5.88 Å². The first kappa shape index (κ1) is 14.8. The molecule has 4 nitrogen and oxygen atoms in total. The van der Waals surface area contributed by atoms with E-state index in [1.165, 1.54) is 6.08 Å². The summed E-state index contributed by atoms with van der Waals surface area (Å²) in [4.78, 5) is 15.4. The third kappa shape index (κ3) is 5.10. The van der Waals surface area contributed by atoms with Crippen LogP contribution in [0.15, 0.2) is 54.7 Å². The van der Waals surface area contributed by atoms with Crippen LogP contribution in [-0.4, -0.2) is 17.6 Å². The zero-order chi connectivity index (χ0) is 14.9. The summed E-state index contributed by atoms with van der Waals surface area (Å²) in [6, 6.07) is 13.5. The van der Waals surface area contributed by atoms with Crippen LogP contribution >= 0.6 is 0 Å². The highest BCUT2D eigenvalue weighted by Crippen LogP contribution is 2.11. The Labute approximate surface area is 124 Å². The van der Waals surface area contributed by atoms with Crippen LogP contribution in [0.4, 0.5) is 0 Å². The number of ether oxygens (including phenoxy) is 2. The number of carbonyl (C=O) groups excluding carboxylic acids is 1. The van der Waals surface area contributed by atoms with Crippen molar-refractivity contribution in [1.29, 1.82) is 0 Å². The van der Waals surface area contributed by atoms with Gasteiger partial charge in [-0.3, -0.25) is 0 Å². The molecular weight excluding hydrogens is 266 g/mol. The van der Waals surface area contributed by atoms with Gasteiger partial charge in [-0.15, -0.1) is 0 Å². The van der Waals surface area contributed by atoms with E-state index in [0.29, 0.717) is 19.1 Å². The van der Waals surface area contributed by atoms with Crippen molar-refractivity contribution in [3.05, 3.63) is 65.9 Å². The Kier molecular flexibility index (Phi) is 5.52. The Hall–Kier alpha value is -2.62. The predicted molar refractivity (Wildman–Crippen MR) is 80.7 cm³/mol. The number of aromatic nitrogens is 1. The molecule has 0 fully saturated rings. The van der Waals surface area contributed by atoms with Gasteiger partial charge in [0, 0.05) is 18.3 Å². The van der Waals surface area contributed by atoms with Gasteiger partial charge in [0.15, 0.2) is 0 Å². The highest BCUT2D eigenvalue weighted by atomic mass is 16.5. The smallest absolute Gasteiger partial charge is 0.330 e. The lowest BCUT2D eigenvalue weighted by atomic mass is 10.2. The molecule has 21 heavy (non-hydrogen) atoms. The molecule has 0 bridgehead atoms. The van der Waals surface area contributed by atoms with Gasteiger partial charge >= 0.3 is 5.97 Å². The second kappa shape index (κ2) is 7.85. The highest BCUT2D eigenvalue weighted by Gasteiger charge is 1.98. The van der Waals surface area contributed by atoms with Crippen LogP contribution < -0.4 is 4.74 Å². The number of benzene rings is 1. The lowest BCUT2D eigenvalue weighted by molar-refractivity contribution is -0.137. The molecule has 0 saturated carbocycles.